The molecule has 1 unspecified atom stereocenters. The summed E-state index contributed by atoms with van der Waals surface area (Å²) < 4.78 is 8.87. The standard InChI is InChI=1S/C20H19N7O2/c1-11-19-14(13-6-4-5-7-15(13)29-3)10-18(28)21-20(19)27(24-11)17-9-8-16-23-22-12(2)26(16)25-17/h4-9,14H,10H2,1-3H3,(H,21,28). The van der Waals surface area contributed by atoms with Gasteiger partial charge in [-0.2, -0.15) is 14.3 Å². The predicted molar refractivity (Wildman–Crippen MR) is 105 cm³/mol. The van der Waals surface area contributed by atoms with Crippen LogP contribution < -0.4 is 10.1 Å². The van der Waals surface area contributed by atoms with Crippen molar-refractivity contribution in [2.75, 3.05) is 12.4 Å². The number of hydrogen-bond acceptors (Lipinski definition) is 6. The van der Waals surface area contributed by atoms with Crippen LogP contribution in [-0.4, -0.2) is 42.6 Å². The molecule has 0 bridgehead atoms. The van der Waals surface area contributed by atoms with E-state index in [1.165, 1.54) is 0 Å². The molecule has 1 aliphatic rings. The summed E-state index contributed by atoms with van der Waals surface area (Å²) in [6.45, 7) is 3.78. The van der Waals surface area contributed by atoms with Crippen LogP contribution in [0.25, 0.3) is 11.5 Å². The molecule has 3 aromatic heterocycles. The van der Waals surface area contributed by atoms with Crippen LogP contribution in [0.5, 0.6) is 5.75 Å². The van der Waals surface area contributed by atoms with Gasteiger partial charge in [-0.3, -0.25) is 4.79 Å². The molecule has 29 heavy (non-hydrogen) atoms. The molecule has 1 amide bonds. The Balaban J connectivity index is 1.70. The van der Waals surface area contributed by atoms with Crippen molar-refractivity contribution < 1.29 is 9.53 Å². The number of methoxy groups -OCH3 is 1. The number of nitrogens with zero attached hydrogens (tertiary/aromatic N) is 6. The molecule has 0 spiro atoms. The summed E-state index contributed by atoms with van der Waals surface area (Å²) in [5.41, 5.74) is 3.42. The van der Waals surface area contributed by atoms with Gasteiger partial charge in [-0.05, 0) is 32.0 Å². The number of rotatable bonds is 3. The minimum atomic E-state index is -0.149. The Labute approximate surface area is 166 Å². The van der Waals surface area contributed by atoms with Crippen molar-refractivity contribution in [3.8, 4) is 11.6 Å². The third-order valence-electron chi connectivity index (χ3n) is 5.24. The number of aromatic nitrogens is 6. The molecule has 0 radical (unpaired) electrons. The minimum absolute atomic E-state index is 0.0730. The quantitative estimate of drug-likeness (QED) is 0.578. The number of carbonyl (C=O) groups is 1. The lowest BCUT2D eigenvalue weighted by molar-refractivity contribution is -0.116. The maximum Gasteiger partial charge on any atom is 0.226 e. The van der Waals surface area contributed by atoms with Crippen LogP contribution in [-0.2, 0) is 4.79 Å². The van der Waals surface area contributed by atoms with Gasteiger partial charge in [0.1, 0.15) is 11.6 Å². The molecule has 4 heterocycles. The van der Waals surface area contributed by atoms with Crippen LogP contribution in [0.2, 0.25) is 0 Å². The average molecular weight is 389 g/mol. The number of ether oxygens (including phenoxy) is 1. The maximum atomic E-state index is 12.6. The topological polar surface area (TPSA) is 99.2 Å². The fraction of sp³-hybridized carbons (Fsp3) is 0.250. The molecule has 146 valence electrons. The second kappa shape index (κ2) is 6.40. The van der Waals surface area contributed by atoms with Crippen LogP contribution in [0.15, 0.2) is 36.4 Å². The number of carbonyl (C=O) groups excluding carboxylic acids is 1. The molecule has 1 aliphatic heterocycles. The van der Waals surface area contributed by atoms with E-state index in [-0.39, 0.29) is 11.8 Å². The Morgan fingerprint density at radius 1 is 1.10 bits per heavy atom. The van der Waals surface area contributed by atoms with Gasteiger partial charge in [0.15, 0.2) is 17.3 Å². The predicted octanol–water partition coefficient (Wildman–Crippen LogP) is 2.41. The number of benzene rings is 1. The van der Waals surface area contributed by atoms with E-state index in [0.717, 1.165) is 22.6 Å². The lowest BCUT2D eigenvalue weighted by atomic mass is 9.85. The Bertz CT molecular complexity index is 1260. The van der Waals surface area contributed by atoms with Crippen molar-refractivity contribution in [1.29, 1.82) is 0 Å². The minimum Gasteiger partial charge on any atom is -0.496 e. The first-order valence-corrected chi connectivity index (χ1v) is 9.28. The van der Waals surface area contributed by atoms with E-state index in [9.17, 15) is 4.79 Å². The number of hydrogen-bond donors (Lipinski definition) is 1. The maximum absolute atomic E-state index is 12.6. The summed E-state index contributed by atoms with van der Waals surface area (Å²) in [6, 6.07) is 11.4. The first kappa shape index (κ1) is 17.4. The average Bonchev–Trinajstić information content (AvgIpc) is 3.27. The van der Waals surface area contributed by atoms with Crippen molar-refractivity contribution in [2.24, 2.45) is 0 Å². The molecule has 9 heteroatoms. The zero-order valence-electron chi connectivity index (χ0n) is 16.2. The third-order valence-corrected chi connectivity index (χ3v) is 5.24. The van der Waals surface area contributed by atoms with Gasteiger partial charge >= 0.3 is 0 Å². The van der Waals surface area contributed by atoms with E-state index in [1.54, 1.807) is 16.3 Å². The number of fused-ring (bicyclic) bond motifs is 2. The van der Waals surface area contributed by atoms with Gasteiger partial charge in [-0.25, -0.2) is 0 Å². The Morgan fingerprint density at radius 2 is 1.93 bits per heavy atom. The highest BCUT2D eigenvalue weighted by molar-refractivity contribution is 5.95. The molecule has 5 rings (SSSR count). The molecule has 0 fully saturated rings. The molecule has 0 aliphatic carbocycles. The summed E-state index contributed by atoms with van der Waals surface area (Å²) >= 11 is 0. The zero-order chi connectivity index (χ0) is 20.1. The number of nitrogens with one attached hydrogen (secondary N) is 1. The van der Waals surface area contributed by atoms with E-state index < -0.39 is 0 Å². The highest BCUT2D eigenvalue weighted by Gasteiger charge is 2.34. The number of para-hydroxylation sites is 1. The normalized spacial score (nSPS) is 16.0. The van der Waals surface area contributed by atoms with Crippen molar-refractivity contribution in [1.82, 2.24) is 29.6 Å². The SMILES string of the molecule is COc1ccccc1C1CC(=O)Nc2c1c(C)nn2-c1ccc2nnc(C)n2n1. The molecule has 9 nitrogen and oxygen atoms in total. The van der Waals surface area contributed by atoms with Gasteiger partial charge < -0.3 is 10.1 Å². The van der Waals surface area contributed by atoms with Crippen LogP contribution in [0, 0.1) is 13.8 Å². The van der Waals surface area contributed by atoms with Crippen LogP contribution >= 0.6 is 0 Å². The van der Waals surface area contributed by atoms with Crippen molar-refractivity contribution in [3.63, 3.8) is 0 Å². The highest BCUT2D eigenvalue weighted by Crippen LogP contribution is 2.42. The van der Waals surface area contributed by atoms with E-state index in [0.29, 0.717) is 29.5 Å². The van der Waals surface area contributed by atoms with E-state index in [2.05, 4.69) is 20.6 Å². The smallest absolute Gasteiger partial charge is 0.226 e. The summed E-state index contributed by atoms with van der Waals surface area (Å²) in [5, 5.41) is 20.4. The Kier molecular flexibility index (Phi) is 3.83. The largest absolute Gasteiger partial charge is 0.496 e. The molecular formula is C20H19N7O2. The van der Waals surface area contributed by atoms with Gasteiger partial charge in [-0.15, -0.1) is 15.3 Å². The molecule has 0 saturated heterocycles. The van der Waals surface area contributed by atoms with Crippen LogP contribution in [0.1, 0.15) is 35.0 Å². The number of aryl methyl sites for hydroxylation is 2. The van der Waals surface area contributed by atoms with Gasteiger partial charge in [0, 0.05) is 23.5 Å². The van der Waals surface area contributed by atoms with E-state index >= 15 is 0 Å². The fourth-order valence-corrected chi connectivity index (χ4v) is 3.93. The molecule has 1 N–H and O–H groups in total. The lowest BCUT2D eigenvalue weighted by Crippen LogP contribution is -2.25. The number of anilines is 1. The Hall–Kier alpha value is -3.75. The van der Waals surface area contributed by atoms with Crippen LogP contribution in [0.3, 0.4) is 0 Å². The molecule has 1 aromatic carbocycles. The first-order chi connectivity index (χ1) is 14.1. The van der Waals surface area contributed by atoms with E-state index in [1.807, 2.05) is 50.2 Å². The molecule has 1 atom stereocenters. The van der Waals surface area contributed by atoms with Crippen LogP contribution in [0.4, 0.5) is 5.82 Å². The van der Waals surface area contributed by atoms with Gasteiger partial charge in [0.05, 0.1) is 12.8 Å². The summed E-state index contributed by atoms with van der Waals surface area (Å²) in [6.07, 6.45) is 0.330. The van der Waals surface area contributed by atoms with E-state index in [4.69, 9.17) is 9.84 Å². The summed E-state index contributed by atoms with van der Waals surface area (Å²) in [5.74, 6) is 2.42. The second-order valence-corrected chi connectivity index (χ2v) is 7.02. The third kappa shape index (κ3) is 2.65. The summed E-state index contributed by atoms with van der Waals surface area (Å²) in [4.78, 5) is 12.6. The monoisotopic (exact) mass is 389 g/mol. The summed E-state index contributed by atoms with van der Waals surface area (Å²) in [7, 11) is 1.64. The molecule has 4 aromatic rings. The van der Waals surface area contributed by atoms with Gasteiger partial charge in [0.25, 0.3) is 0 Å². The fourth-order valence-electron chi connectivity index (χ4n) is 3.93. The molecule has 0 saturated carbocycles. The van der Waals surface area contributed by atoms with Crippen molar-refractivity contribution in [3.05, 3.63) is 59.0 Å². The molecular weight excluding hydrogens is 370 g/mol. The van der Waals surface area contributed by atoms with Gasteiger partial charge in [0.2, 0.25) is 5.91 Å². The van der Waals surface area contributed by atoms with Gasteiger partial charge in [-0.1, -0.05) is 18.2 Å². The lowest BCUT2D eigenvalue weighted by Gasteiger charge is -2.25. The first-order valence-electron chi connectivity index (χ1n) is 9.28. The number of amides is 1. The Morgan fingerprint density at radius 3 is 2.76 bits per heavy atom. The highest BCUT2D eigenvalue weighted by atomic mass is 16.5. The van der Waals surface area contributed by atoms with Crippen molar-refractivity contribution in [2.45, 2.75) is 26.2 Å². The van der Waals surface area contributed by atoms with Crippen molar-refractivity contribution >= 4 is 17.4 Å². The zero-order valence-corrected chi connectivity index (χ0v) is 16.2. The second-order valence-electron chi connectivity index (χ2n) is 7.02.